The van der Waals surface area contributed by atoms with Crippen molar-refractivity contribution in [1.82, 2.24) is 4.90 Å². The zero-order valence-electron chi connectivity index (χ0n) is 11.5. The lowest BCUT2D eigenvalue weighted by Gasteiger charge is -2.34. The number of nitrogens with one attached hydrogen (secondary N) is 1. The lowest BCUT2D eigenvalue weighted by Crippen LogP contribution is -2.44. The van der Waals surface area contributed by atoms with E-state index in [1.165, 1.54) is 11.4 Å². The van der Waals surface area contributed by atoms with E-state index in [0.717, 1.165) is 26.2 Å². The fourth-order valence-electron chi connectivity index (χ4n) is 1.92. The van der Waals surface area contributed by atoms with Gasteiger partial charge in [-0.25, -0.2) is 0 Å². The van der Waals surface area contributed by atoms with E-state index in [0.29, 0.717) is 0 Å². The smallest absolute Gasteiger partial charge is 0.0387 e. The van der Waals surface area contributed by atoms with Crippen LogP contribution >= 0.6 is 0 Å². The Kier molecular flexibility index (Phi) is 5.84. The molecule has 17 heavy (non-hydrogen) atoms. The molecule has 0 spiro atoms. The maximum absolute atomic E-state index is 3.18. The molecule has 0 aromatic heterocycles. The fraction of sp³-hybridized carbons (Fsp3) is 0.571. The summed E-state index contributed by atoms with van der Waals surface area (Å²) >= 11 is 0. The van der Waals surface area contributed by atoms with Crippen molar-refractivity contribution in [3.63, 3.8) is 0 Å². The summed E-state index contributed by atoms with van der Waals surface area (Å²) in [6, 6.07) is 8.61. The van der Waals surface area contributed by atoms with Gasteiger partial charge in [-0.15, -0.1) is 0 Å². The van der Waals surface area contributed by atoms with Crippen molar-refractivity contribution in [2.75, 3.05) is 50.5 Å². The van der Waals surface area contributed by atoms with Crippen LogP contribution in [-0.4, -0.2) is 45.2 Å². The molecule has 1 fully saturated rings. The molecule has 0 unspecified atom stereocenters. The molecular formula is C14H25N3. The summed E-state index contributed by atoms with van der Waals surface area (Å²) in [6.45, 7) is 8.57. The fourth-order valence-corrected chi connectivity index (χ4v) is 1.92. The van der Waals surface area contributed by atoms with E-state index in [2.05, 4.69) is 46.4 Å². The van der Waals surface area contributed by atoms with Crippen LogP contribution in [0.4, 0.5) is 11.4 Å². The van der Waals surface area contributed by atoms with E-state index in [1.54, 1.807) is 0 Å². The Hall–Kier alpha value is -1.22. The molecule has 0 bridgehead atoms. The molecule has 1 aliphatic rings. The van der Waals surface area contributed by atoms with Gasteiger partial charge in [-0.3, -0.25) is 0 Å². The molecule has 3 nitrogen and oxygen atoms in total. The van der Waals surface area contributed by atoms with E-state index in [4.69, 9.17) is 0 Å². The Bertz CT molecular complexity index is 317. The molecule has 0 radical (unpaired) electrons. The average Bonchev–Trinajstić information content (AvgIpc) is 2.42. The van der Waals surface area contributed by atoms with Crippen molar-refractivity contribution < 1.29 is 0 Å². The van der Waals surface area contributed by atoms with E-state index in [-0.39, 0.29) is 0 Å². The molecule has 1 aliphatic heterocycles. The summed E-state index contributed by atoms with van der Waals surface area (Å²) in [6.07, 6.45) is 0. The summed E-state index contributed by atoms with van der Waals surface area (Å²) in [5, 5.41) is 3.18. The normalized spacial score (nSPS) is 16.1. The Morgan fingerprint density at radius 1 is 1.06 bits per heavy atom. The third-order valence-corrected chi connectivity index (χ3v) is 3.00. The molecule has 0 atom stereocenters. The van der Waals surface area contributed by atoms with E-state index in [1.807, 2.05) is 20.9 Å². The third-order valence-electron chi connectivity index (χ3n) is 3.00. The standard InChI is InChI=1S/C12H19N3.C2H6/c1-13-11-4-3-5-12(10-11)15-8-6-14(2)7-9-15;1-2/h3-5,10,13H,6-9H2,1-2H3;1-2H3. The molecular weight excluding hydrogens is 210 g/mol. The van der Waals surface area contributed by atoms with Gasteiger partial charge in [-0.2, -0.15) is 0 Å². The molecule has 0 aliphatic carbocycles. The number of hydrogen-bond acceptors (Lipinski definition) is 3. The van der Waals surface area contributed by atoms with E-state index < -0.39 is 0 Å². The molecule has 1 N–H and O–H groups in total. The largest absolute Gasteiger partial charge is 0.388 e. The lowest BCUT2D eigenvalue weighted by molar-refractivity contribution is 0.313. The summed E-state index contributed by atoms with van der Waals surface area (Å²) in [5.41, 5.74) is 2.52. The Morgan fingerprint density at radius 2 is 1.71 bits per heavy atom. The molecule has 96 valence electrons. The molecule has 1 heterocycles. The van der Waals surface area contributed by atoms with Gasteiger partial charge >= 0.3 is 0 Å². The minimum atomic E-state index is 1.13. The Labute approximate surface area is 105 Å². The van der Waals surface area contributed by atoms with Crippen LogP contribution in [0.25, 0.3) is 0 Å². The van der Waals surface area contributed by atoms with Crippen molar-refractivity contribution in [1.29, 1.82) is 0 Å². The molecule has 0 saturated carbocycles. The second-order valence-electron chi connectivity index (χ2n) is 4.09. The van der Waals surface area contributed by atoms with Gasteiger partial charge in [0.15, 0.2) is 0 Å². The van der Waals surface area contributed by atoms with Gasteiger partial charge < -0.3 is 15.1 Å². The number of benzene rings is 1. The van der Waals surface area contributed by atoms with Crippen LogP contribution in [-0.2, 0) is 0 Å². The van der Waals surface area contributed by atoms with Gasteiger partial charge in [0, 0.05) is 44.6 Å². The first-order valence-electron chi connectivity index (χ1n) is 6.51. The zero-order valence-corrected chi connectivity index (χ0v) is 11.5. The molecule has 2 rings (SSSR count). The maximum atomic E-state index is 3.18. The van der Waals surface area contributed by atoms with E-state index >= 15 is 0 Å². The van der Waals surface area contributed by atoms with Crippen LogP contribution in [0.15, 0.2) is 24.3 Å². The quantitative estimate of drug-likeness (QED) is 0.849. The Balaban J connectivity index is 0.000000686. The predicted molar refractivity (Wildman–Crippen MR) is 77.0 cm³/mol. The van der Waals surface area contributed by atoms with Crippen LogP contribution in [0.1, 0.15) is 13.8 Å². The monoisotopic (exact) mass is 235 g/mol. The van der Waals surface area contributed by atoms with E-state index in [9.17, 15) is 0 Å². The topological polar surface area (TPSA) is 18.5 Å². The van der Waals surface area contributed by atoms with Gasteiger partial charge in [0.2, 0.25) is 0 Å². The molecule has 1 aromatic carbocycles. The predicted octanol–water partition coefficient (Wildman–Crippen LogP) is 2.51. The first-order valence-corrected chi connectivity index (χ1v) is 6.51. The van der Waals surface area contributed by atoms with Gasteiger partial charge in [-0.1, -0.05) is 19.9 Å². The minimum Gasteiger partial charge on any atom is -0.388 e. The van der Waals surface area contributed by atoms with Crippen LogP contribution < -0.4 is 10.2 Å². The van der Waals surface area contributed by atoms with Crippen molar-refractivity contribution in [2.45, 2.75) is 13.8 Å². The molecule has 3 heteroatoms. The number of nitrogens with zero attached hydrogens (tertiary/aromatic N) is 2. The lowest BCUT2D eigenvalue weighted by atomic mass is 10.2. The Morgan fingerprint density at radius 3 is 2.29 bits per heavy atom. The van der Waals surface area contributed by atoms with Gasteiger partial charge in [0.1, 0.15) is 0 Å². The summed E-state index contributed by atoms with van der Waals surface area (Å²) < 4.78 is 0. The van der Waals surface area contributed by atoms with Crippen molar-refractivity contribution >= 4 is 11.4 Å². The minimum absolute atomic E-state index is 1.13. The highest BCUT2D eigenvalue weighted by Crippen LogP contribution is 2.20. The van der Waals surface area contributed by atoms with Gasteiger partial charge in [0.25, 0.3) is 0 Å². The molecule has 1 saturated heterocycles. The number of likely N-dealkylation sites (N-methyl/N-ethyl adjacent to an activating group) is 1. The summed E-state index contributed by atoms with van der Waals surface area (Å²) in [4.78, 5) is 4.82. The van der Waals surface area contributed by atoms with Crippen LogP contribution in [0, 0.1) is 0 Å². The van der Waals surface area contributed by atoms with Crippen molar-refractivity contribution in [3.8, 4) is 0 Å². The zero-order chi connectivity index (χ0) is 12.7. The van der Waals surface area contributed by atoms with Gasteiger partial charge in [0.05, 0.1) is 0 Å². The SMILES string of the molecule is CC.CNc1cccc(N2CCN(C)CC2)c1. The first kappa shape index (κ1) is 13.8. The molecule has 0 amide bonds. The van der Waals surface area contributed by atoms with Gasteiger partial charge in [-0.05, 0) is 25.2 Å². The highest BCUT2D eigenvalue weighted by atomic mass is 15.2. The summed E-state index contributed by atoms with van der Waals surface area (Å²) in [5.74, 6) is 0. The molecule has 1 aromatic rings. The highest BCUT2D eigenvalue weighted by Gasteiger charge is 2.13. The summed E-state index contributed by atoms with van der Waals surface area (Å²) in [7, 11) is 4.14. The highest BCUT2D eigenvalue weighted by molar-refractivity contribution is 5.58. The number of anilines is 2. The second-order valence-corrected chi connectivity index (χ2v) is 4.09. The average molecular weight is 235 g/mol. The first-order chi connectivity index (χ1) is 8.29. The second kappa shape index (κ2) is 7.17. The van der Waals surface area contributed by atoms with Crippen LogP contribution in [0.2, 0.25) is 0 Å². The maximum Gasteiger partial charge on any atom is 0.0387 e. The van der Waals surface area contributed by atoms with Crippen molar-refractivity contribution in [2.24, 2.45) is 0 Å². The van der Waals surface area contributed by atoms with Crippen molar-refractivity contribution in [3.05, 3.63) is 24.3 Å². The number of hydrogen-bond donors (Lipinski definition) is 1. The third kappa shape index (κ3) is 3.93. The number of rotatable bonds is 2. The van der Waals surface area contributed by atoms with Crippen LogP contribution in [0.3, 0.4) is 0 Å². The number of piperazine rings is 1. The van der Waals surface area contributed by atoms with Crippen LogP contribution in [0.5, 0.6) is 0 Å².